The third kappa shape index (κ3) is 3.62. The zero-order valence-electron chi connectivity index (χ0n) is 8.45. The Bertz CT molecular complexity index is 196. The molecule has 0 heterocycles. The molecule has 0 bridgehead atoms. The highest BCUT2D eigenvalue weighted by atomic mass is 16.5. The van der Waals surface area contributed by atoms with Gasteiger partial charge in [-0.15, -0.1) is 0 Å². The number of hydrogen-bond acceptors (Lipinski definition) is 2. The van der Waals surface area contributed by atoms with Crippen molar-refractivity contribution in [3.8, 4) is 0 Å². The van der Waals surface area contributed by atoms with Gasteiger partial charge >= 0.3 is 5.97 Å². The minimum Gasteiger partial charge on any atom is -0.466 e. The van der Waals surface area contributed by atoms with E-state index in [1.165, 1.54) is 6.42 Å². The van der Waals surface area contributed by atoms with Crippen LogP contribution in [0.2, 0.25) is 0 Å². The summed E-state index contributed by atoms with van der Waals surface area (Å²) in [5.41, 5.74) is 0. The summed E-state index contributed by atoms with van der Waals surface area (Å²) in [6.07, 6.45) is 7.16. The molecule has 13 heavy (non-hydrogen) atoms. The summed E-state index contributed by atoms with van der Waals surface area (Å²) < 4.78 is 4.87. The molecule has 0 radical (unpaired) electrons. The molecule has 0 aromatic heterocycles. The molecule has 0 fully saturated rings. The van der Waals surface area contributed by atoms with Gasteiger partial charge in [-0.25, -0.2) is 0 Å². The lowest BCUT2D eigenvalue weighted by Crippen LogP contribution is -2.06. The second-order valence-corrected chi connectivity index (χ2v) is 3.70. The number of hydrogen-bond donors (Lipinski definition) is 0. The lowest BCUT2D eigenvalue weighted by molar-refractivity contribution is -0.143. The van der Waals surface area contributed by atoms with E-state index < -0.39 is 0 Å². The molecular weight excluding hydrogens is 164 g/mol. The Hall–Kier alpha value is -0.790. The van der Waals surface area contributed by atoms with Crippen LogP contribution in [0.4, 0.5) is 0 Å². The highest BCUT2D eigenvalue weighted by molar-refractivity contribution is 5.69. The van der Waals surface area contributed by atoms with Crippen LogP contribution in [-0.4, -0.2) is 12.6 Å². The van der Waals surface area contributed by atoms with E-state index in [0.29, 0.717) is 24.9 Å². The molecule has 0 spiro atoms. The van der Waals surface area contributed by atoms with Gasteiger partial charge in [0.1, 0.15) is 0 Å². The first-order valence-electron chi connectivity index (χ1n) is 5.06. The quantitative estimate of drug-likeness (QED) is 0.493. The highest BCUT2D eigenvalue weighted by Crippen LogP contribution is 2.26. The summed E-state index contributed by atoms with van der Waals surface area (Å²) >= 11 is 0. The van der Waals surface area contributed by atoms with Crippen molar-refractivity contribution in [2.45, 2.75) is 33.1 Å². The Balaban J connectivity index is 2.13. The van der Waals surface area contributed by atoms with Crippen molar-refractivity contribution in [3.63, 3.8) is 0 Å². The molecule has 0 saturated heterocycles. The van der Waals surface area contributed by atoms with Crippen LogP contribution in [0.3, 0.4) is 0 Å². The molecule has 2 atom stereocenters. The van der Waals surface area contributed by atoms with Crippen LogP contribution in [0, 0.1) is 11.8 Å². The summed E-state index contributed by atoms with van der Waals surface area (Å²) in [5, 5.41) is 0. The first-order valence-corrected chi connectivity index (χ1v) is 5.06. The zero-order chi connectivity index (χ0) is 9.68. The molecule has 0 saturated carbocycles. The zero-order valence-corrected chi connectivity index (χ0v) is 8.45. The van der Waals surface area contributed by atoms with Crippen LogP contribution in [0.5, 0.6) is 0 Å². The number of carbonyl (C=O) groups excluding carboxylic acids is 1. The molecule has 0 N–H and O–H groups in total. The maximum atomic E-state index is 11.0. The van der Waals surface area contributed by atoms with Gasteiger partial charge in [0.25, 0.3) is 0 Å². The van der Waals surface area contributed by atoms with Gasteiger partial charge in [0.2, 0.25) is 0 Å². The highest BCUT2D eigenvalue weighted by Gasteiger charge is 2.16. The maximum Gasteiger partial charge on any atom is 0.305 e. The van der Waals surface area contributed by atoms with Gasteiger partial charge < -0.3 is 4.74 Å². The Morgan fingerprint density at radius 1 is 1.54 bits per heavy atom. The second kappa shape index (κ2) is 5.05. The van der Waals surface area contributed by atoms with E-state index in [-0.39, 0.29) is 5.97 Å². The van der Waals surface area contributed by atoms with Crippen LogP contribution in [0.1, 0.15) is 33.1 Å². The molecule has 74 valence electrons. The first-order chi connectivity index (χ1) is 6.22. The van der Waals surface area contributed by atoms with Gasteiger partial charge in [-0.1, -0.05) is 19.1 Å². The molecule has 2 unspecified atom stereocenters. The first kappa shape index (κ1) is 10.3. The summed E-state index contributed by atoms with van der Waals surface area (Å²) in [5.74, 6) is 1.22. The van der Waals surface area contributed by atoms with Gasteiger partial charge in [0.05, 0.1) is 6.61 Å². The van der Waals surface area contributed by atoms with E-state index in [1.54, 1.807) is 0 Å². The van der Waals surface area contributed by atoms with Crippen molar-refractivity contribution < 1.29 is 9.53 Å². The molecule has 0 aromatic carbocycles. The number of carbonyl (C=O) groups is 1. The average molecular weight is 182 g/mol. The summed E-state index contributed by atoms with van der Waals surface area (Å²) in [7, 11) is 0. The van der Waals surface area contributed by atoms with E-state index >= 15 is 0 Å². The van der Waals surface area contributed by atoms with Crippen molar-refractivity contribution >= 4 is 5.97 Å². The van der Waals surface area contributed by atoms with Crippen LogP contribution in [0.15, 0.2) is 12.2 Å². The lowest BCUT2D eigenvalue weighted by Gasteiger charge is -2.07. The molecule has 1 rings (SSSR count). The normalized spacial score (nSPS) is 26.3. The minimum atomic E-state index is -0.0598. The number of esters is 1. The Labute approximate surface area is 80.0 Å². The van der Waals surface area contributed by atoms with E-state index in [2.05, 4.69) is 19.1 Å². The third-order valence-electron chi connectivity index (χ3n) is 2.41. The number of allylic oxidation sites excluding steroid dienone is 2. The summed E-state index contributed by atoms with van der Waals surface area (Å²) in [6.45, 7) is 4.55. The largest absolute Gasteiger partial charge is 0.466 e. The van der Waals surface area contributed by atoms with Crippen molar-refractivity contribution in [2.24, 2.45) is 11.8 Å². The van der Waals surface area contributed by atoms with Crippen molar-refractivity contribution in [1.82, 2.24) is 0 Å². The van der Waals surface area contributed by atoms with Crippen molar-refractivity contribution in [3.05, 3.63) is 12.2 Å². The average Bonchev–Trinajstić information content (AvgIpc) is 2.49. The fourth-order valence-electron chi connectivity index (χ4n) is 1.73. The molecule has 1 aliphatic rings. The van der Waals surface area contributed by atoms with E-state index in [9.17, 15) is 4.79 Å². The predicted octanol–water partition coefficient (Wildman–Crippen LogP) is 2.54. The van der Waals surface area contributed by atoms with Crippen LogP contribution >= 0.6 is 0 Å². The Morgan fingerprint density at radius 2 is 2.31 bits per heavy atom. The van der Waals surface area contributed by atoms with Gasteiger partial charge in [-0.3, -0.25) is 4.79 Å². The van der Waals surface area contributed by atoms with Gasteiger partial charge in [0.15, 0.2) is 0 Å². The van der Waals surface area contributed by atoms with E-state index in [0.717, 1.165) is 6.42 Å². The second-order valence-electron chi connectivity index (χ2n) is 3.70. The van der Waals surface area contributed by atoms with Gasteiger partial charge in [-0.2, -0.15) is 0 Å². The SMILES string of the molecule is CCOC(=O)CCC1C=CC(C)C1. The predicted molar refractivity (Wildman–Crippen MR) is 52.3 cm³/mol. The topological polar surface area (TPSA) is 26.3 Å². The number of ether oxygens (including phenoxy) is 1. The van der Waals surface area contributed by atoms with Crippen LogP contribution in [0.25, 0.3) is 0 Å². The molecule has 2 nitrogen and oxygen atoms in total. The van der Waals surface area contributed by atoms with Gasteiger partial charge in [-0.05, 0) is 31.6 Å². The van der Waals surface area contributed by atoms with E-state index in [4.69, 9.17) is 4.74 Å². The molecule has 1 aliphatic carbocycles. The molecular formula is C11H18O2. The monoisotopic (exact) mass is 182 g/mol. The van der Waals surface area contributed by atoms with Crippen LogP contribution in [-0.2, 0) is 9.53 Å². The summed E-state index contributed by atoms with van der Waals surface area (Å²) in [4.78, 5) is 11.0. The standard InChI is InChI=1S/C11H18O2/c1-3-13-11(12)7-6-10-5-4-9(2)8-10/h4-5,9-10H,3,6-8H2,1-2H3. The summed E-state index contributed by atoms with van der Waals surface area (Å²) in [6, 6.07) is 0. The fraction of sp³-hybridized carbons (Fsp3) is 0.727. The molecule has 0 aliphatic heterocycles. The lowest BCUT2D eigenvalue weighted by atomic mass is 10.00. The smallest absolute Gasteiger partial charge is 0.305 e. The van der Waals surface area contributed by atoms with Gasteiger partial charge in [0, 0.05) is 6.42 Å². The molecule has 2 heteroatoms. The fourth-order valence-corrected chi connectivity index (χ4v) is 1.73. The maximum absolute atomic E-state index is 11.0. The van der Waals surface area contributed by atoms with E-state index in [1.807, 2.05) is 6.92 Å². The molecule has 0 amide bonds. The Kier molecular flexibility index (Phi) is 4.00. The molecule has 0 aromatic rings. The Morgan fingerprint density at radius 3 is 2.85 bits per heavy atom. The number of rotatable bonds is 4. The van der Waals surface area contributed by atoms with Crippen molar-refractivity contribution in [1.29, 1.82) is 0 Å². The third-order valence-corrected chi connectivity index (χ3v) is 2.41. The van der Waals surface area contributed by atoms with Crippen molar-refractivity contribution in [2.75, 3.05) is 6.61 Å². The van der Waals surface area contributed by atoms with Crippen LogP contribution < -0.4 is 0 Å². The minimum absolute atomic E-state index is 0.0598.